The molecule has 0 N–H and O–H groups in total. The second-order valence-corrected chi connectivity index (χ2v) is 4.17. The number of hydrogen-bond acceptors (Lipinski definition) is 4. The maximum Gasteiger partial charge on any atom is 0.451 e. The van der Waals surface area contributed by atoms with E-state index in [1.165, 1.54) is 18.0 Å². The van der Waals surface area contributed by atoms with Gasteiger partial charge in [0.05, 0.1) is 12.0 Å². The van der Waals surface area contributed by atoms with E-state index in [2.05, 4.69) is 9.97 Å². The minimum Gasteiger partial charge on any atom is -0.358 e. The van der Waals surface area contributed by atoms with E-state index in [0.29, 0.717) is 0 Å². The first-order valence-corrected chi connectivity index (χ1v) is 5.34. The number of alkyl halides is 3. The Morgan fingerprint density at radius 1 is 1.50 bits per heavy atom. The van der Waals surface area contributed by atoms with E-state index in [-0.39, 0.29) is 23.4 Å². The first-order valence-electron chi connectivity index (χ1n) is 4.96. The van der Waals surface area contributed by atoms with E-state index in [0.717, 1.165) is 0 Å². The fraction of sp³-hybridized carbons (Fsp3) is 0.500. The summed E-state index contributed by atoms with van der Waals surface area (Å²) in [6, 6.07) is 3.21. The van der Waals surface area contributed by atoms with Crippen molar-refractivity contribution in [3.63, 3.8) is 0 Å². The van der Waals surface area contributed by atoms with Gasteiger partial charge in [-0.05, 0) is 6.92 Å². The summed E-state index contributed by atoms with van der Waals surface area (Å²) in [5.74, 6) is -1.59. The number of hydrogen-bond donors (Lipinski definition) is 0. The van der Waals surface area contributed by atoms with Gasteiger partial charge in [-0.1, -0.05) is 11.6 Å². The van der Waals surface area contributed by atoms with Gasteiger partial charge in [0.1, 0.15) is 11.0 Å². The predicted molar refractivity (Wildman–Crippen MR) is 60.1 cm³/mol. The Hall–Kier alpha value is -1.55. The SMILES string of the molecule is CC(C#N)CN(C)c1cc(Cl)nc(C(F)(F)F)n1. The molecule has 0 amide bonds. The van der Waals surface area contributed by atoms with Crippen LogP contribution in [-0.2, 0) is 6.18 Å². The summed E-state index contributed by atoms with van der Waals surface area (Å²) < 4.78 is 37.5. The Balaban J connectivity index is 3.03. The van der Waals surface area contributed by atoms with E-state index in [4.69, 9.17) is 16.9 Å². The van der Waals surface area contributed by atoms with E-state index < -0.39 is 12.0 Å². The van der Waals surface area contributed by atoms with Gasteiger partial charge in [-0.2, -0.15) is 18.4 Å². The number of aromatic nitrogens is 2. The topological polar surface area (TPSA) is 52.8 Å². The van der Waals surface area contributed by atoms with Crippen molar-refractivity contribution in [2.75, 3.05) is 18.5 Å². The molecule has 0 saturated heterocycles. The zero-order valence-electron chi connectivity index (χ0n) is 9.66. The maximum atomic E-state index is 12.5. The lowest BCUT2D eigenvalue weighted by Gasteiger charge is -2.20. The van der Waals surface area contributed by atoms with Gasteiger partial charge >= 0.3 is 6.18 Å². The van der Waals surface area contributed by atoms with Crippen LogP contribution in [0.4, 0.5) is 19.0 Å². The number of anilines is 1. The van der Waals surface area contributed by atoms with Crippen LogP contribution in [0.3, 0.4) is 0 Å². The standard InChI is InChI=1S/C10H10ClF3N4/c1-6(4-15)5-18(2)8-3-7(11)16-9(17-8)10(12,13)14/h3,6H,5H2,1-2H3. The number of nitriles is 1. The molecule has 0 aliphatic rings. The van der Waals surface area contributed by atoms with Crippen molar-refractivity contribution in [3.8, 4) is 6.07 Å². The average molecular weight is 279 g/mol. The Bertz CT molecular complexity index is 469. The van der Waals surface area contributed by atoms with Crippen molar-refractivity contribution >= 4 is 17.4 Å². The highest BCUT2D eigenvalue weighted by molar-refractivity contribution is 6.29. The van der Waals surface area contributed by atoms with E-state index >= 15 is 0 Å². The first kappa shape index (κ1) is 14.5. The second kappa shape index (κ2) is 5.40. The fourth-order valence-corrected chi connectivity index (χ4v) is 1.45. The molecule has 18 heavy (non-hydrogen) atoms. The van der Waals surface area contributed by atoms with Gasteiger partial charge in [0, 0.05) is 19.7 Å². The van der Waals surface area contributed by atoms with Gasteiger partial charge in [-0.3, -0.25) is 0 Å². The minimum absolute atomic E-state index is 0.0319. The van der Waals surface area contributed by atoms with Crippen molar-refractivity contribution in [1.29, 1.82) is 5.26 Å². The van der Waals surface area contributed by atoms with E-state index in [1.54, 1.807) is 6.92 Å². The molecule has 8 heteroatoms. The molecule has 0 radical (unpaired) electrons. The number of halogens is 4. The van der Waals surface area contributed by atoms with Crippen LogP contribution in [0.25, 0.3) is 0 Å². The van der Waals surface area contributed by atoms with Crippen LogP contribution in [0, 0.1) is 17.2 Å². The average Bonchev–Trinajstić information content (AvgIpc) is 2.26. The summed E-state index contributed by atoms with van der Waals surface area (Å²) in [5, 5.41) is 8.37. The molecule has 0 aliphatic heterocycles. The van der Waals surface area contributed by atoms with Crippen molar-refractivity contribution < 1.29 is 13.2 Å². The Kier molecular flexibility index (Phi) is 4.35. The molecule has 0 bridgehead atoms. The van der Waals surface area contributed by atoms with Crippen LogP contribution < -0.4 is 4.90 Å². The molecule has 1 rings (SSSR count). The summed E-state index contributed by atoms with van der Waals surface area (Å²) in [4.78, 5) is 7.94. The van der Waals surface area contributed by atoms with Crippen molar-refractivity contribution in [3.05, 3.63) is 17.0 Å². The van der Waals surface area contributed by atoms with Crippen molar-refractivity contribution in [2.45, 2.75) is 13.1 Å². The Labute approximate surface area is 107 Å². The minimum atomic E-state index is -4.65. The Morgan fingerprint density at radius 2 is 2.11 bits per heavy atom. The molecule has 0 fully saturated rings. The molecule has 0 saturated carbocycles. The van der Waals surface area contributed by atoms with Crippen LogP contribution in [0.1, 0.15) is 12.7 Å². The van der Waals surface area contributed by atoms with Crippen LogP contribution in [0.15, 0.2) is 6.07 Å². The van der Waals surface area contributed by atoms with Crippen molar-refractivity contribution in [2.24, 2.45) is 5.92 Å². The van der Waals surface area contributed by atoms with Crippen LogP contribution in [0.2, 0.25) is 5.15 Å². The zero-order chi connectivity index (χ0) is 13.9. The van der Waals surface area contributed by atoms with Gasteiger partial charge in [-0.25, -0.2) is 9.97 Å². The normalized spacial score (nSPS) is 12.9. The Morgan fingerprint density at radius 3 is 2.61 bits per heavy atom. The summed E-state index contributed by atoms with van der Waals surface area (Å²) in [6.45, 7) is 1.91. The van der Waals surface area contributed by atoms with E-state index in [1.807, 2.05) is 6.07 Å². The largest absolute Gasteiger partial charge is 0.451 e. The molecule has 1 atom stereocenters. The smallest absolute Gasteiger partial charge is 0.358 e. The predicted octanol–water partition coefficient (Wildman–Crippen LogP) is 2.74. The number of rotatable bonds is 3. The van der Waals surface area contributed by atoms with E-state index in [9.17, 15) is 13.2 Å². The third kappa shape index (κ3) is 3.74. The maximum absolute atomic E-state index is 12.5. The van der Waals surface area contributed by atoms with Crippen LogP contribution in [-0.4, -0.2) is 23.6 Å². The summed E-state index contributed by atoms with van der Waals surface area (Å²) in [6.07, 6.45) is -4.65. The fourth-order valence-electron chi connectivity index (χ4n) is 1.27. The summed E-state index contributed by atoms with van der Waals surface area (Å²) in [5.41, 5.74) is 0. The lowest BCUT2D eigenvalue weighted by atomic mass is 10.2. The molecule has 1 aromatic rings. The summed E-state index contributed by atoms with van der Waals surface area (Å²) in [7, 11) is 1.53. The lowest BCUT2D eigenvalue weighted by Crippen LogP contribution is -2.25. The quantitative estimate of drug-likeness (QED) is 0.798. The van der Waals surface area contributed by atoms with Gasteiger partial charge in [-0.15, -0.1) is 0 Å². The highest BCUT2D eigenvalue weighted by Gasteiger charge is 2.35. The molecule has 1 heterocycles. The highest BCUT2D eigenvalue weighted by Crippen LogP contribution is 2.29. The van der Waals surface area contributed by atoms with Crippen molar-refractivity contribution in [1.82, 2.24) is 9.97 Å². The molecular formula is C10H10ClF3N4. The van der Waals surface area contributed by atoms with Crippen LogP contribution >= 0.6 is 11.6 Å². The molecule has 0 aromatic carbocycles. The monoisotopic (exact) mass is 278 g/mol. The summed E-state index contributed by atoms with van der Waals surface area (Å²) >= 11 is 5.53. The molecule has 1 unspecified atom stereocenters. The van der Waals surface area contributed by atoms with Gasteiger partial charge in [0.15, 0.2) is 0 Å². The molecular weight excluding hydrogens is 269 g/mol. The second-order valence-electron chi connectivity index (χ2n) is 3.78. The third-order valence-corrected chi connectivity index (χ3v) is 2.29. The first-order chi connectivity index (χ1) is 8.24. The van der Waals surface area contributed by atoms with Crippen LogP contribution in [0.5, 0.6) is 0 Å². The molecule has 0 aliphatic carbocycles. The zero-order valence-corrected chi connectivity index (χ0v) is 10.4. The molecule has 4 nitrogen and oxygen atoms in total. The van der Waals surface area contributed by atoms with Gasteiger partial charge in [0.2, 0.25) is 5.82 Å². The van der Waals surface area contributed by atoms with Gasteiger partial charge < -0.3 is 4.90 Å². The highest BCUT2D eigenvalue weighted by atomic mass is 35.5. The third-order valence-electron chi connectivity index (χ3n) is 2.09. The molecule has 98 valence electrons. The lowest BCUT2D eigenvalue weighted by molar-refractivity contribution is -0.144. The molecule has 0 spiro atoms. The van der Waals surface area contributed by atoms with Gasteiger partial charge in [0.25, 0.3) is 0 Å². The molecule has 1 aromatic heterocycles. The number of nitrogens with zero attached hydrogens (tertiary/aromatic N) is 4.